The van der Waals surface area contributed by atoms with Gasteiger partial charge in [-0.15, -0.1) is 0 Å². The van der Waals surface area contributed by atoms with Gasteiger partial charge >= 0.3 is 11.9 Å². The monoisotopic (exact) mass is 367 g/mol. The summed E-state index contributed by atoms with van der Waals surface area (Å²) < 4.78 is 9.52. The van der Waals surface area contributed by atoms with E-state index in [1.54, 1.807) is 36.4 Å². The van der Waals surface area contributed by atoms with Crippen LogP contribution in [-0.2, 0) is 14.3 Å². The van der Waals surface area contributed by atoms with Gasteiger partial charge in [-0.05, 0) is 30.7 Å². The molecule has 0 aliphatic carbocycles. The number of rotatable bonds is 5. The lowest BCUT2D eigenvalue weighted by Crippen LogP contribution is -2.12. The minimum Gasteiger partial charge on any atom is -0.428 e. The summed E-state index contributed by atoms with van der Waals surface area (Å²) in [5.74, 6) is -1.17. The molecule has 0 spiro atoms. The summed E-state index contributed by atoms with van der Waals surface area (Å²) >= 11 is 12.5. The van der Waals surface area contributed by atoms with Gasteiger partial charge in [-0.25, -0.2) is 4.79 Å². The molecule has 5 nitrogen and oxygen atoms in total. The SMILES string of the molecule is CC(=O)OCOC(=O)c1ccccc1Nc1c(Cl)ccc(C)c1Cl. The van der Waals surface area contributed by atoms with Gasteiger partial charge < -0.3 is 14.8 Å². The standard InChI is InChI=1S/C17H15Cl2NO4/c1-10-7-8-13(18)16(15(10)19)20-14-6-4-3-5-12(14)17(22)24-9-23-11(2)21/h3-8,20H,9H2,1-2H3. The van der Waals surface area contributed by atoms with Crippen molar-refractivity contribution >= 4 is 46.5 Å². The minimum atomic E-state index is -0.640. The predicted octanol–water partition coefficient (Wildman–Crippen LogP) is 4.72. The van der Waals surface area contributed by atoms with Gasteiger partial charge in [0.15, 0.2) is 0 Å². The second-order valence-electron chi connectivity index (χ2n) is 4.91. The first-order valence-electron chi connectivity index (χ1n) is 7.01. The van der Waals surface area contributed by atoms with Crippen LogP contribution >= 0.6 is 23.2 Å². The Bertz CT molecular complexity index is 777. The van der Waals surface area contributed by atoms with Crippen molar-refractivity contribution in [2.24, 2.45) is 0 Å². The Morgan fingerprint density at radius 1 is 1.08 bits per heavy atom. The zero-order chi connectivity index (χ0) is 17.7. The number of nitrogens with one attached hydrogen (secondary N) is 1. The minimum absolute atomic E-state index is 0.262. The first-order valence-corrected chi connectivity index (χ1v) is 7.77. The van der Waals surface area contributed by atoms with Crippen molar-refractivity contribution in [2.75, 3.05) is 12.1 Å². The van der Waals surface area contributed by atoms with Crippen LogP contribution in [0.25, 0.3) is 0 Å². The van der Waals surface area contributed by atoms with Crippen LogP contribution in [0.2, 0.25) is 10.0 Å². The van der Waals surface area contributed by atoms with Gasteiger partial charge in [0.05, 0.1) is 27.0 Å². The Hall–Kier alpha value is -2.24. The lowest BCUT2D eigenvalue weighted by molar-refractivity contribution is -0.149. The zero-order valence-electron chi connectivity index (χ0n) is 13.1. The number of ether oxygens (including phenoxy) is 2. The maximum Gasteiger partial charge on any atom is 0.343 e. The smallest absolute Gasteiger partial charge is 0.343 e. The molecule has 0 saturated carbocycles. The Morgan fingerprint density at radius 3 is 2.50 bits per heavy atom. The van der Waals surface area contributed by atoms with Gasteiger partial charge in [-0.3, -0.25) is 4.79 Å². The molecule has 0 amide bonds. The van der Waals surface area contributed by atoms with Crippen LogP contribution in [0.5, 0.6) is 0 Å². The average Bonchev–Trinajstić information content (AvgIpc) is 2.55. The van der Waals surface area contributed by atoms with Gasteiger partial charge in [0.1, 0.15) is 0 Å². The maximum atomic E-state index is 12.2. The van der Waals surface area contributed by atoms with Crippen molar-refractivity contribution in [2.45, 2.75) is 13.8 Å². The first-order chi connectivity index (χ1) is 11.4. The summed E-state index contributed by atoms with van der Waals surface area (Å²) in [7, 11) is 0. The third-order valence-corrected chi connectivity index (χ3v) is 3.95. The highest BCUT2D eigenvalue weighted by Gasteiger charge is 2.16. The second-order valence-corrected chi connectivity index (χ2v) is 5.69. The molecular weight excluding hydrogens is 353 g/mol. The summed E-state index contributed by atoms with van der Waals surface area (Å²) in [6.07, 6.45) is 0. The maximum absolute atomic E-state index is 12.2. The quantitative estimate of drug-likeness (QED) is 0.611. The van der Waals surface area contributed by atoms with E-state index in [0.29, 0.717) is 21.4 Å². The molecule has 0 saturated heterocycles. The Kier molecular flexibility index (Phi) is 6.06. The summed E-state index contributed by atoms with van der Waals surface area (Å²) in [5.41, 5.74) is 2.08. The van der Waals surface area contributed by atoms with E-state index >= 15 is 0 Å². The van der Waals surface area contributed by atoms with E-state index in [4.69, 9.17) is 27.9 Å². The van der Waals surface area contributed by atoms with Gasteiger partial charge in [-0.1, -0.05) is 41.4 Å². The number of carbonyl (C=O) groups is 2. The number of hydrogen-bond acceptors (Lipinski definition) is 5. The number of halogens is 2. The highest BCUT2D eigenvalue weighted by Crippen LogP contribution is 2.36. The molecule has 7 heteroatoms. The third-order valence-electron chi connectivity index (χ3n) is 3.14. The molecule has 0 atom stereocenters. The van der Waals surface area contributed by atoms with Crippen molar-refractivity contribution in [1.82, 2.24) is 0 Å². The van der Waals surface area contributed by atoms with Crippen molar-refractivity contribution < 1.29 is 19.1 Å². The van der Waals surface area contributed by atoms with Crippen LogP contribution in [0.1, 0.15) is 22.8 Å². The van der Waals surface area contributed by atoms with Gasteiger partial charge in [0.25, 0.3) is 0 Å². The van der Waals surface area contributed by atoms with Crippen LogP contribution < -0.4 is 5.32 Å². The van der Waals surface area contributed by atoms with Crippen molar-refractivity contribution in [3.63, 3.8) is 0 Å². The molecule has 1 N–H and O–H groups in total. The molecule has 0 aliphatic rings. The highest BCUT2D eigenvalue weighted by atomic mass is 35.5. The Morgan fingerprint density at radius 2 is 1.79 bits per heavy atom. The Labute approximate surface area is 149 Å². The topological polar surface area (TPSA) is 64.6 Å². The van der Waals surface area contributed by atoms with Gasteiger partial charge in [-0.2, -0.15) is 0 Å². The van der Waals surface area contributed by atoms with Crippen LogP contribution in [0.3, 0.4) is 0 Å². The number of benzene rings is 2. The number of carbonyl (C=O) groups excluding carboxylic acids is 2. The molecule has 0 fully saturated rings. The van der Waals surface area contributed by atoms with Crippen molar-refractivity contribution in [1.29, 1.82) is 0 Å². The van der Waals surface area contributed by atoms with E-state index in [1.807, 2.05) is 6.92 Å². The molecular formula is C17H15Cl2NO4. The lowest BCUT2D eigenvalue weighted by atomic mass is 10.1. The number of anilines is 2. The fourth-order valence-electron chi connectivity index (χ4n) is 1.92. The third kappa shape index (κ3) is 4.40. The molecule has 126 valence electrons. The summed E-state index contributed by atoms with van der Waals surface area (Å²) in [4.78, 5) is 22.9. The number of esters is 2. The number of aryl methyl sites for hydroxylation is 1. The fraction of sp³-hybridized carbons (Fsp3) is 0.176. The molecule has 2 rings (SSSR count). The van der Waals surface area contributed by atoms with E-state index in [9.17, 15) is 9.59 Å². The molecule has 0 aromatic heterocycles. The normalized spacial score (nSPS) is 10.2. The summed E-state index contributed by atoms with van der Waals surface area (Å²) in [6, 6.07) is 10.2. The van der Waals surface area contributed by atoms with E-state index in [0.717, 1.165) is 5.56 Å². The molecule has 24 heavy (non-hydrogen) atoms. The van der Waals surface area contributed by atoms with Gasteiger partial charge in [0, 0.05) is 6.92 Å². The van der Waals surface area contributed by atoms with E-state index in [2.05, 4.69) is 10.1 Å². The molecule has 0 bridgehead atoms. The predicted molar refractivity (Wildman–Crippen MR) is 93.0 cm³/mol. The van der Waals surface area contributed by atoms with Crippen LogP contribution in [0.15, 0.2) is 36.4 Å². The Balaban J connectivity index is 2.25. The van der Waals surface area contributed by atoms with E-state index in [-0.39, 0.29) is 5.56 Å². The molecule has 0 unspecified atom stereocenters. The number of para-hydroxylation sites is 1. The molecule has 2 aromatic rings. The fourth-order valence-corrected chi connectivity index (χ4v) is 2.38. The zero-order valence-corrected chi connectivity index (χ0v) is 14.6. The number of hydrogen-bond donors (Lipinski definition) is 1. The lowest BCUT2D eigenvalue weighted by Gasteiger charge is -2.15. The molecule has 0 radical (unpaired) electrons. The van der Waals surface area contributed by atoms with E-state index < -0.39 is 18.7 Å². The van der Waals surface area contributed by atoms with Gasteiger partial charge in [0.2, 0.25) is 6.79 Å². The summed E-state index contributed by atoms with van der Waals surface area (Å²) in [5, 5.41) is 3.95. The van der Waals surface area contributed by atoms with Crippen LogP contribution in [-0.4, -0.2) is 18.7 Å². The summed E-state index contributed by atoms with van der Waals surface area (Å²) in [6.45, 7) is 2.63. The first kappa shape index (κ1) is 18.1. The van der Waals surface area contributed by atoms with Crippen LogP contribution in [0.4, 0.5) is 11.4 Å². The second kappa shape index (κ2) is 8.04. The molecule has 2 aromatic carbocycles. The average molecular weight is 368 g/mol. The largest absolute Gasteiger partial charge is 0.428 e. The van der Waals surface area contributed by atoms with Crippen molar-refractivity contribution in [3.05, 3.63) is 57.6 Å². The molecule has 0 heterocycles. The van der Waals surface area contributed by atoms with Crippen LogP contribution in [0, 0.1) is 6.92 Å². The molecule has 0 aliphatic heterocycles. The van der Waals surface area contributed by atoms with E-state index in [1.165, 1.54) is 6.92 Å². The highest BCUT2D eigenvalue weighted by molar-refractivity contribution is 6.39. The van der Waals surface area contributed by atoms with Crippen molar-refractivity contribution in [3.8, 4) is 0 Å².